The number of aromatic nitrogens is 3. The zero-order valence-corrected chi connectivity index (χ0v) is 18.2. The van der Waals surface area contributed by atoms with Crippen LogP contribution < -0.4 is 0 Å². The summed E-state index contributed by atoms with van der Waals surface area (Å²) in [5, 5.41) is 4.45. The highest BCUT2D eigenvalue weighted by atomic mass is 79.9. The summed E-state index contributed by atoms with van der Waals surface area (Å²) in [5.41, 5.74) is 4.15. The Kier molecular flexibility index (Phi) is 4.90. The lowest BCUT2D eigenvalue weighted by Gasteiger charge is -2.30. The maximum atomic E-state index is 13.1. The number of rotatable bonds is 3. The van der Waals surface area contributed by atoms with Crippen LogP contribution >= 0.6 is 15.9 Å². The summed E-state index contributed by atoms with van der Waals surface area (Å²) in [7, 11) is 0. The van der Waals surface area contributed by atoms with Crippen LogP contribution in [0.5, 0.6) is 0 Å². The van der Waals surface area contributed by atoms with Crippen molar-refractivity contribution in [2.24, 2.45) is 0 Å². The van der Waals surface area contributed by atoms with Crippen LogP contribution in [0.4, 0.5) is 0 Å². The fourth-order valence-electron chi connectivity index (χ4n) is 4.03. The molecule has 1 amide bonds. The molecular formula is C23H21BrN4O2. The van der Waals surface area contributed by atoms with E-state index in [4.69, 9.17) is 4.42 Å². The van der Waals surface area contributed by atoms with Crippen LogP contribution in [0.25, 0.3) is 16.8 Å². The second-order valence-electron chi connectivity index (χ2n) is 7.62. The van der Waals surface area contributed by atoms with Crippen molar-refractivity contribution in [1.82, 2.24) is 19.7 Å². The number of benzene rings is 2. The minimum atomic E-state index is 0.0341. The molecule has 0 saturated carbocycles. The summed E-state index contributed by atoms with van der Waals surface area (Å²) in [6.45, 7) is 3.31. The van der Waals surface area contributed by atoms with E-state index in [-0.39, 0.29) is 11.8 Å². The molecule has 1 saturated heterocycles. The van der Waals surface area contributed by atoms with Gasteiger partial charge in [-0.25, -0.2) is 9.67 Å². The van der Waals surface area contributed by atoms with E-state index in [0.29, 0.717) is 18.7 Å². The molecule has 0 bridgehead atoms. The predicted octanol–water partition coefficient (Wildman–Crippen LogP) is 5.10. The first-order valence-corrected chi connectivity index (χ1v) is 10.8. The quantitative estimate of drug-likeness (QED) is 0.422. The third kappa shape index (κ3) is 3.43. The van der Waals surface area contributed by atoms with Crippen molar-refractivity contribution in [3.63, 3.8) is 0 Å². The number of amides is 1. The number of piperidine rings is 1. The molecule has 6 nitrogen and oxygen atoms in total. The van der Waals surface area contributed by atoms with Crippen molar-refractivity contribution in [1.29, 1.82) is 0 Å². The molecule has 5 rings (SSSR count). The summed E-state index contributed by atoms with van der Waals surface area (Å²) in [6.07, 6.45) is 3.36. The van der Waals surface area contributed by atoms with Gasteiger partial charge in [0, 0.05) is 23.5 Å². The highest BCUT2D eigenvalue weighted by Gasteiger charge is 2.29. The third-order valence-corrected chi connectivity index (χ3v) is 6.28. The number of oxazole rings is 1. The van der Waals surface area contributed by atoms with Crippen LogP contribution in [0.3, 0.4) is 0 Å². The molecule has 0 N–H and O–H groups in total. The number of carbonyl (C=O) groups is 1. The monoisotopic (exact) mass is 464 g/mol. The zero-order valence-electron chi connectivity index (χ0n) is 16.6. The van der Waals surface area contributed by atoms with Gasteiger partial charge in [-0.1, -0.05) is 28.1 Å². The smallest absolute Gasteiger partial charge is 0.257 e. The van der Waals surface area contributed by atoms with Gasteiger partial charge in [0.05, 0.1) is 23.1 Å². The van der Waals surface area contributed by atoms with Crippen molar-refractivity contribution in [3.05, 3.63) is 76.3 Å². The van der Waals surface area contributed by atoms with Gasteiger partial charge in [0.25, 0.3) is 5.91 Å². The lowest BCUT2D eigenvalue weighted by atomic mass is 9.96. The van der Waals surface area contributed by atoms with Gasteiger partial charge >= 0.3 is 0 Å². The number of hydrogen-bond acceptors (Lipinski definition) is 4. The maximum absolute atomic E-state index is 13.1. The largest absolute Gasteiger partial charge is 0.440 e. The Morgan fingerprint density at radius 2 is 1.83 bits per heavy atom. The van der Waals surface area contributed by atoms with Crippen LogP contribution in [0.1, 0.15) is 40.7 Å². The molecule has 0 radical (unpaired) electrons. The topological polar surface area (TPSA) is 64.2 Å². The molecule has 0 unspecified atom stereocenters. The summed E-state index contributed by atoms with van der Waals surface area (Å²) in [4.78, 5) is 19.7. The molecule has 1 aliphatic heterocycles. The fraction of sp³-hybridized carbons (Fsp3) is 0.261. The molecule has 0 atom stereocenters. The second-order valence-corrected chi connectivity index (χ2v) is 8.53. The molecule has 3 heterocycles. The third-order valence-electron chi connectivity index (χ3n) is 5.75. The first-order valence-electron chi connectivity index (χ1n) is 10.1. The molecule has 152 valence electrons. The van der Waals surface area contributed by atoms with Crippen LogP contribution in [-0.2, 0) is 0 Å². The minimum absolute atomic E-state index is 0.0341. The Hall–Kier alpha value is -2.93. The van der Waals surface area contributed by atoms with Crippen molar-refractivity contribution < 1.29 is 9.21 Å². The van der Waals surface area contributed by atoms with Gasteiger partial charge in [-0.05, 0) is 56.2 Å². The van der Waals surface area contributed by atoms with Crippen LogP contribution in [0, 0.1) is 6.92 Å². The van der Waals surface area contributed by atoms with E-state index >= 15 is 0 Å². The molecule has 1 aliphatic rings. The highest BCUT2D eigenvalue weighted by molar-refractivity contribution is 9.10. The number of likely N-dealkylation sites (tertiary alicyclic amines) is 1. The van der Waals surface area contributed by atoms with Gasteiger partial charge < -0.3 is 9.32 Å². The van der Waals surface area contributed by atoms with E-state index in [1.165, 1.54) is 0 Å². The van der Waals surface area contributed by atoms with Gasteiger partial charge in [-0.15, -0.1) is 0 Å². The zero-order chi connectivity index (χ0) is 20.7. The Balaban J connectivity index is 1.29. The van der Waals surface area contributed by atoms with Gasteiger partial charge in [0.2, 0.25) is 0 Å². The molecule has 4 aromatic rings. The van der Waals surface area contributed by atoms with Gasteiger partial charge in [0.15, 0.2) is 11.5 Å². The van der Waals surface area contributed by atoms with Crippen LogP contribution in [-0.4, -0.2) is 38.7 Å². The standard InChI is InChI=1S/C23H21BrN4O2/c1-15-19(14-25-28(15)18-8-6-17(24)7-9-18)23(29)27-12-10-16(11-13-27)22-26-20-4-2-3-5-21(20)30-22/h2-9,14,16H,10-13H2,1H3. The van der Waals surface area contributed by atoms with E-state index in [2.05, 4.69) is 26.0 Å². The molecule has 2 aromatic heterocycles. The van der Waals surface area contributed by atoms with Crippen molar-refractivity contribution in [3.8, 4) is 5.69 Å². The second kappa shape index (κ2) is 7.72. The van der Waals surface area contributed by atoms with E-state index in [1.807, 2.05) is 65.0 Å². The van der Waals surface area contributed by atoms with Crippen molar-refractivity contribution in [2.75, 3.05) is 13.1 Å². The average Bonchev–Trinajstić information content (AvgIpc) is 3.38. The first-order chi connectivity index (χ1) is 14.6. The van der Waals surface area contributed by atoms with Gasteiger partial charge in [-0.3, -0.25) is 4.79 Å². The summed E-state index contributed by atoms with van der Waals surface area (Å²) in [6, 6.07) is 15.7. The molecule has 0 aliphatic carbocycles. The number of halogens is 1. The summed E-state index contributed by atoms with van der Waals surface area (Å²) in [5.74, 6) is 1.06. The normalized spacial score (nSPS) is 15.1. The minimum Gasteiger partial charge on any atom is -0.440 e. The van der Waals surface area contributed by atoms with Crippen molar-refractivity contribution >= 4 is 32.9 Å². The maximum Gasteiger partial charge on any atom is 0.257 e. The van der Waals surface area contributed by atoms with Gasteiger partial charge in [0.1, 0.15) is 5.52 Å². The lowest BCUT2D eigenvalue weighted by Crippen LogP contribution is -2.38. The Labute approximate surface area is 182 Å². The Morgan fingerprint density at radius 3 is 2.57 bits per heavy atom. The number of para-hydroxylation sites is 2. The van der Waals surface area contributed by atoms with E-state index < -0.39 is 0 Å². The molecule has 30 heavy (non-hydrogen) atoms. The highest BCUT2D eigenvalue weighted by Crippen LogP contribution is 2.30. The van der Waals surface area contributed by atoms with E-state index in [1.54, 1.807) is 6.20 Å². The van der Waals surface area contributed by atoms with E-state index in [9.17, 15) is 4.79 Å². The Bertz CT molecular complexity index is 1170. The van der Waals surface area contributed by atoms with E-state index in [0.717, 1.165) is 45.7 Å². The molecule has 0 spiro atoms. The predicted molar refractivity (Wildman–Crippen MR) is 118 cm³/mol. The number of carbonyl (C=O) groups excluding carboxylic acids is 1. The average molecular weight is 465 g/mol. The molecular weight excluding hydrogens is 444 g/mol. The van der Waals surface area contributed by atoms with Crippen LogP contribution in [0.15, 0.2) is 63.6 Å². The Morgan fingerprint density at radius 1 is 1.10 bits per heavy atom. The molecule has 2 aromatic carbocycles. The lowest BCUT2D eigenvalue weighted by molar-refractivity contribution is 0.0706. The summed E-state index contributed by atoms with van der Waals surface area (Å²) < 4.78 is 8.76. The SMILES string of the molecule is Cc1c(C(=O)N2CCC(c3nc4ccccc4o3)CC2)cnn1-c1ccc(Br)cc1. The molecule has 7 heteroatoms. The number of nitrogens with zero attached hydrogens (tertiary/aromatic N) is 4. The fourth-order valence-corrected chi connectivity index (χ4v) is 4.29. The number of hydrogen-bond donors (Lipinski definition) is 0. The first kappa shape index (κ1) is 19.1. The molecule has 1 fully saturated rings. The summed E-state index contributed by atoms with van der Waals surface area (Å²) >= 11 is 3.45. The number of fused-ring (bicyclic) bond motifs is 1. The van der Waals surface area contributed by atoms with Crippen molar-refractivity contribution in [2.45, 2.75) is 25.7 Å². The van der Waals surface area contributed by atoms with Gasteiger partial charge in [-0.2, -0.15) is 5.10 Å². The van der Waals surface area contributed by atoms with Crippen LogP contribution in [0.2, 0.25) is 0 Å².